The zero-order chi connectivity index (χ0) is 14.7. The number of amides is 1. The van der Waals surface area contributed by atoms with Gasteiger partial charge >= 0.3 is 5.97 Å². The van der Waals surface area contributed by atoms with Gasteiger partial charge in [0.2, 0.25) is 5.91 Å². The molecule has 0 atom stereocenters. The van der Waals surface area contributed by atoms with Crippen LogP contribution in [-0.4, -0.2) is 26.8 Å². The van der Waals surface area contributed by atoms with Crippen molar-refractivity contribution in [3.8, 4) is 0 Å². The number of carboxylic acids is 1. The molecule has 2 aromatic heterocycles. The van der Waals surface area contributed by atoms with Crippen molar-refractivity contribution in [3.63, 3.8) is 0 Å². The molecule has 0 saturated heterocycles. The maximum atomic E-state index is 11.8. The van der Waals surface area contributed by atoms with Gasteiger partial charge in [-0.05, 0) is 25.1 Å². The number of carbonyl (C=O) groups excluding carboxylic acids is 1. The van der Waals surface area contributed by atoms with E-state index in [0.29, 0.717) is 5.00 Å². The molecular weight excluding hydrogens is 278 g/mol. The minimum Gasteiger partial charge on any atom is -0.478 e. The standard InChI is InChI=1S/C13H13N3O3S/c1-8-7-10(13(18)19)12(20-8)15-11(17)4-3-9-5-6-14-16(9)2/h3-7H,1-2H3,(H,15,17)(H,18,19). The topological polar surface area (TPSA) is 84.2 Å². The Morgan fingerprint density at radius 2 is 2.25 bits per heavy atom. The maximum Gasteiger partial charge on any atom is 0.338 e. The molecule has 6 nitrogen and oxygen atoms in total. The van der Waals surface area contributed by atoms with Crippen LogP contribution < -0.4 is 5.32 Å². The molecule has 0 aliphatic carbocycles. The Bertz CT molecular complexity index is 685. The summed E-state index contributed by atoms with van der Waals surface area (Å²) in [5, 5.41) is 15.9. The van der Waals surface area contributed by atoms with E-state index in [0.717, 1.165) is 10.6 Å². The largest absolute Gasteiger partial charge is 0.478 e. The second-order valence-electron chi connectivity index (χ2n) is 4.11. The van der Waals surface area contributed by atoms with Gasteiger partial charge in [-0.1, -0.05) is 0 Å². The number of anilines is 1. The molecule has 0 spiro atoms. The van der Waals surface area contributed by atoms with E-state index in [1.54, 1.807) is 37.0 Å². The van der Waals surface area contributed by atoms with Crippen LogP contribution in [0.25, 0.3) is 6.08 Å². The fourth-order valence-corrected chi connectivity index (χ4v) is 2.53. The highest BCUT2D eigenvalue weighted by Crippen LogP contribution is 2.27. The van der Waals surface area contributed by atoms with Crippen LogP contribution in [0.1, 0.15) is 20.9 Å². The number of aryl methyl sites for hydroxylation is 2. The number of thiophene rings is 1. The Balaban J connectivity index is 2.11. The van der Waals surface area contributed by atoms with Gasteiger partial charge in [0.25, 0.3) is 0 Å². The summed E-state index contributed by atoms with van der Waals surface area (Å²) in [5.41, 5.74) is 0.885. The van der Waals surface area contributed by atoms with Crippen molar-refractivity contribution in [1.82, 2.24) is 9.78 Å². The smallest absolute Gasteiger partial charge is 0.338 e. The number of hydrogen-bond acceptors (Lipinski definition) is 4. The molecule has 20 heavy (non-hydrogen) atoms. The third kappa shape index (κ3) is 3.12. The van der Waals surface area contributed by atoms with Crippen LogP contribution in [-0.2, 0) is 11.8 Å². The lowest BCUT2D eigenvalue weighted by Gasteiger charge is -2.00. The SMILES string of the molecule is Cc1cc(C(=O)O)c(NC(=O)C=Cc2ccnn2C)s1. The zero-order valence-electron chi connectivity index (χ0n) is 11.0. The lowest BCUT2D eigenvalue weighted by Crippen LogP contribution is -2.09. The molecule has 1 amide bonds. The first-order chi connectivity index (χ1) is 9.47. The quantitative estimate of drug-likeness (QED) is 0.845. The molecule has 0 bridgehead atoms. The molecule has 0 saturated carbocycles. The van der Waals surface area contributed by atoms with Crippen molar-refractivity contribution >= 4 is 34.3 Å². The van der Waals surface area contributed by atoms with E-state index in [1.807, 2.05) is 0 Å². The monoisotopic (exact) mass is 291 g/mol. The van der Waals surface area contributed by atoms with E-state index in [-0.39, 0.29) is 11.5 Å². The lowest BCUT2D eigenvalue weighted by atomic mass is 10.3. The van der Waals surface area contributed by atoms with Gasteiger partial charge in [0.1, 0.15) is 5.00 Å². The van der Waals surface area contributed by atoms with E-state index in [4.69, 9.17) is 5.11 Å². The van der Waals surface area contributed by atoms with Crippen molar-refractivity contribution in [2.24, 2.45) is 7.05 Å². The summed E-state index contributed by atoms with van der Waals surface area (Å²) < 4.78 is 1.63. The van der Waals surface area contributed by atoms with E-state index in [2.05, 4.69) is 10.4 Å². The molecule has 2 N–H and O–H groups in total. The number of aromatic carboxylic acids is 1. The van der Waals surface area contributed by atoms with Gasteiger partial charge in [-0.2, -0.15) is 5.10 Å². The molecule has 2 heterocycles. The minimum atomic E-state index is -1.06. The van der Waals surface area contributed by atoms with Crippen molar-refractivity contribution in [3.05, 3.63) is 40.5 Å². The van der Waals surface area contributed by atoms with Gasteiger partial charge in [-0.3, -0.25) is 9.48 Å². The predicted molar refractivity (Wildman–Crippen MR) is 76.9 cm³/mol. The highest BCUT2D eigenvalue weighted by atomic mass is 32.1. The Labute approximate surface area is 119 Å². The van der Waals surface area contributed by atoms with E-state index < -0.39 is 5.97 Å². The van der Waals surface area contributed by atoms with E-state index in [1.165, 1.54) is 23.5 Å². The number of nitrogens with zero attached hydrogens (tertiary/aromatic N) is 2. The molecule has 0 aliphatic rings. The first-order valence-electron chi connectivity index (χ1n) is 5.78. The van der Waals surface area contributed by atoms with Crippen molar-refractivity contribution in [1.29, 1.82) is 0 Å². The molecule has 7 heteroatoms. The van der Waals surface area contributed by atoms with Gasteiger partial charge in [0.05, 0.1) is 11.3 Å². The highest BCUT2D eigenvalue weighted by Gasteiger charge is 2.14. The van der Waals surface area contributed by atoms with Crippen LogP contribution in [0.2, 0.25) is 0 Å². The summed E-state index contributed by atoms with van der Waals surface area (Å²) in [6, 6.07) is 3.30. The molecular formula is C13H13N3O3S. The summed E-state index contributed by atoms with van der Waals surface area (Å²) in [6.07, 6.45) is 4.59. The number of carboxylic acid groups (broad SMARTS) is 1. The molecule has 0 radical (unpaired) electrons. The van der Waals surface area contributed by atoms with Gasteiger partial charge in [-0.15, -0.1) is 11.3 Å². The predicted octanol–water partition coefficient (Wildman–Crippen LogP) is 2.14. The fourth-order valence-electron chi connectivity index (χ4n) is 1.63. The van der Waals surface area contributed by atoms with Crippen LogP contribution in [0.5, 0.6) is 0 Å². The number of nitrogens with one attached hydrogen (secondary N) is 1. The summed E-state index contributed by atoms with van der Waals surface area (Å²) in [6.45, 7) is 1.79. The molecule has 0 aromatic carbocycles. The third-order valence-corrected chi connectivity index (χ3v) is 3.55. The van der Waals surface area contributed by atoms with Crippen LogP contribution in [0.15, 0.2) is 24.4 Å². The molecule has 2 aromatic rings. The number of rotatable bonds is 4. The second kappa shape index (κ2) is 5.70. The average Bonchev–Trinajstić information content (AvgIpc) is 2.93. The minimum absolute atomic E-state index is 0.106. The van der Waals surface area contributed by atoms with Crippen molar-refractivity contribution in [2.45, 2.75) is 6.92 Å². The Hall–Kier alpha value is -2.41. The zero-order valence-corrected chi connectivity index (χ0v) is 11.8. The third-order valence-electron chi connectivity index (χ3n) is 2.59. The van der Waals surface area contributed by atoms with Gasteiger partial charge in [0, 0.05) is 24.2 Å². The average molecular weight is 291 g/mol. The van der Waals surface area contributed by atoms with Crippen LogP contribution in [0, 0.1) is 6.92 Å². The van der Waals surface area contributed by atoms with Gasteiger partial charge in [0.15, 0.2) is 0 Å². The Morgan fingerprint density at radius 1 is 1.50 bits per heavy atom. The summed E-state index contributed by atoms with van der Waals surface area (Å²) in [5.74, 6) is -1.43. The van der Waals surface area contributed by atoms with Gasteiger partial charge in [-0.25, -0.2) is 4.79 Å². The number of hydrogen-bond donors (Lipinski definition) is 2. The maximum absolute atomic E-state index is 11.8. The Kier molecular flexibility index (Phi) is 3.99. The molecule has 2 rings (SSSR count). The highest BCUT2D eigenvalue weighted by molar-refractivity contribution is 7.16. The van der Waals surface area contributed by atoms with E-state index >= 15 is 0 Å². The fraction of sp³-hybridized carbons (Fsp3) is 0.154. The molecule has 104 valence electrons. The van der Waals surface area contributed by atoms with Crippen LogP contribution >= 0.6 is 11.3 Å². The lowest BCUT2D eigenvalue weighted by molar-refractivity contribution is -0.111. The van der Waals surface area contributed by atoms with E-state index in [9.17, 15) is 9.59 Å². The number of aromatic nitrogens is 2. The first kappa shape index (κ1) is 14.0. The second-order valence-corrected chi connectivity index (χ2v) is 5.36. The normalized spacial score (nSPS) is 10.9. The molecule has 0 aliphatic heterocycles. The van der Waals surface area contributed by atoms with Crippen LogP contribution in [0.3, 0.4) is 0 Å². The van der Waals surface area contributed by atoms with Crippen LogP contribution in [0.4, 0.5) is 5.00 Å². The Morgan fingerprint density at radius 3 is 2.85 bits per heavy atom. The summed E-state index contributed by atoms with van der Waals surface area (Å²) in [4.78, 5) is 23.6. The van der Waals surface area contributed by atoms with Gasteiger partial charge < -0.3 is 10.4 Å². The first-order valence-corrected chi connectivity index (χ1v) is 6.60. The van der Waals surface area contributed by atoms with Crippen molar-refractivity contribution in [2.75, 3.05) is 5.32 Å². The summed E-state index contributed by atoms with van der Waals surface area (Å²) >= 11 is 1.23. The molecule has 0 fully saturated rings. The molecule has 0 unspecified atom stereocenters. The van der Waals surface area contributed by atoms with Crippen molar-refractivity contribution < 1.29 is 14.7 Å². The summed E-state index contributed by atoms with van der Waals surface area (Å²) in [7, 11) is 1.77. The number of carbonyl (C=O) groups is 2.